The van der Waals surface area contributed by atoms with Crippen molar-refractivity contribution in [3.63, 3.8) is 0 Å². The van der Waals surface area contributed by atoms with E-state index in [4.69, 9.17) is 0 Å². The second kappa shape index (κ2) is 6.31. The van der Waals surface area contributed by atoms with Crippen molar-refractivity contribution >= 4 is 17.2 Å². The molecule has 0 saturated heterocycles. The van der Waals surface area contributed by atoms with Crippen LogP contribution >= 0.6 is 11.3 Å². The third-order valence-electron chi connectivity index (χ3n) is 2.90. The number of amides is 1. The maximum Gasteiger partial charge on any atom is 0.266 e. The molecule has 3 heterocycles. The van der Waals surface area contributed by atoms with Crippen molar-refractivity contribution in [2.24, 2.45) is 0 Å². The van der Waals surface area contributed by atoms with Crippen LogP contribution in [0.1, 0.15) is 10.4 Å². The fourth-order valence-corrected chi connectivity index (χ4v) is 2.45. The van der Waals surface area contributed by atoms with Crippen molar-refractivity contribution in [3.8, 4) is 5.82 Å². The molecule has 0 aromatic carbocycles. The van der Waals surface area contributed by atoms with E-state index in [1.165, 1.54) is 39.4 Å². The molecule has 3 aromatic rings. The lowest BCUT2D eigenvalue weighted by Gasteiger charge is -2.07. The van der Waals surface area contributed by atoms with Crippen LogP contribution in [0.5, 0.6) is 0 Å². The van der Waals surface area contributed by atoms with Crippen LogP contribution in [0.4, 0.5) is 0 Å². The second-order valence-electron chi connectivity index (χ2n) is 4.36. The summed E-state index contributed by atoms with van der Waals surface area (Å²) < 4.78 is 2.74. The first-order valence-electron chi connectivity index (χ1n) is 6.47. The number of carbonyl (C=O) groups excluding carboxylic acids is 1. The molecule has 0 bridgehead atoms. The number of hydrogen-bond acceptors (Lipinski definition) is 6. The Kier molecular flexibility index (Phi) is 4.05. The van der Waals surface area contributed by atoms with E-state index in [1.54, 1.807) is 17.5 Å². The zero-order chi connectivity index (χ0) is 15.4. The van der Waals surface area contributed by atoms with E-state index in [0.717, 1.165) is 0 Å². The van der Waals surface area contributed by atoms with Crippen molar-refractivity contribution in [2.45, 2.75) is 6.54 Å². The zero-order valence-corrected chi connectivity index (χ0v) is 12.2. The highest BCUT2D eigenvalue weighted by Gasteiger charge is 2.06. The summed E-state index contributed by atoms with van der Waals surface area (Å²) >= 11 is 1.46. The van der Waals surface area contributed by atoms with Gasteiger partial charge in [0.2, 0.25) is 0 Å². The van der Waals surface area contributed by atoms with Gasteiger partial charge in [-0.2, -0.15) is 16.4 Å². The van der Waals surface area contributed by atoms with Crippen LogP contribution in [0.2, 0.25) is 0 Å². The van der Waals surface area contributed by atoms with Gasteiger partial charge in [0, 0.05) is 23.6 Å². The fourth-order valence-electron chi connectivity index (χ4n) is 1.82. The van der Waals surface area contributed by atoms with E-state index in [1.807, 2.05) is 5.38 Å². The first-order chi connectivity index (χ1) is 10.7. The molecule has 0 unspecified atom stereocenters. The van der Waals surface area contributed by atoms with Gasteiger partial charge in [-0.15, -0.1) is 5.10 Å². The Hall–Kier alpha value is -2.81. The lowest BCUT2D eigenvalue weighted by atomic mass is 10.3. The smallest absolute Gasteiger partial charge is 0.266 e. The van der Waals surface area contributed by atoms with Crippen LogP contribution < -0.4 is 10.9 Å². The number of carbonyl (C=O) groups is 1. The predicted molar refractivity (Wildman–Crippen MR) is 80.1 cm³/mol. The van der Waals surface area contributed by atoms with Crippen LogP contribution in [0.15, 0.2) is 46.4 Å². The summed E-state index contributed by atoms with van der Waals surface area (Å²) in [5.74, 6) is 0.322. The largest absolute Gasteiger partial charge is 0.350 e. The average Bonchev–Trinajstić information content (AvgIpc) is 3.22. The van der Waals surface area contributed by atoms with Crippen molar-refractivity contribution in [1.82, 2.24) is 29.9 Å². The molecule has 1 N–H and O–H groups in total. The first kappa shape index (κ1) is 14.1. The summed E-state index contributed by atoms with van der Waals surface area (Å²) in [6.07, 6.45) is 2.88. The number of thiophene rings is 1. The Bertz CT molecular complexity index is 809. The lowest BCUT2D eigenvalue weighted by Crippen LogP contribution is -2.32. The highest BCUT2D eigenvalue weighted by molar-refractivity contribution is 7.08. The molecule has 0 aliphatic rings. The molecule has 3 rings (SSSR count). The third kappa shape index (κ3) is 3.09. The predicted octanol–water partition coefficient (Wildman–Crippen LogP) is 0.315. The van der Waals surface area contributed by atoms with Crippen molar-refractivity contribution < 1.29 is 4.79 Å². The molecule has 0 spiro atoms. The Balaban J connectivity index is 1.66. The quantitative estimate of drug-likeness (QED) is 0.731. The van der Waals surface area contributed by atoms with Gasteiger partial charge < -0.3 is 5.32 Å². The van der Waals surface area contributed by atoms with Crippen molar-refractivity contribution in [1.29, 1.82) is 0 Å². The van der Waals surface area contributed by atoms with Gasteiger partial charge in [-0.3, -0.25) is 9.59 Å². The zero-order valence-electron chi connectivity index (χ0n) is 11.4. The summed E-state index contributed by atoms with van der Waals surface area (Å²) in [4.78, 5) is 27.4. The molecular weight excluding hydrogens is 304 g/mol. The number of aromatic nitrogens is 5. The van der Waals surface area contributed by atoms with Crippen LogP contribution in [0, 0.1) is 0 Å². The Morgan fingerprint density at radius 1 is 1.32 bits per heavy atom. The van der Waals surface area contributed by atoms with Gasteiger partial charge >= 0.3 is 0 Å². The molecule has 0 aliphatic carbocycles. The molecule has 0 atom stereocenters. The van der Waals surface area contributed by atoms with E-state index < -0.39 is 0 Å². The van der Waals surface area contributed by atoms with Gasteiger partial charge in [0.15, 0.2) is 5.82 Å². The fraction of sp³-hybridized carbons (Fsp3) is 0.154. The second-order valence-corrected chi connectivity index (χ2v) is 5.14. The van der Waals surface area contributed by atoms with Crippen LogP contribution in [0.3, 0.4) is 0 Å². The van der Waals surface area contributed by atoms with E-state index in [0.29, 0.717) is 17.9 Å². The molecule has 0 saturated carbocycles. The first-order valence-corrected chi connectivity index (χ1v) is 7.42. The number of rotatable bonds is 5. The molecule has 8 nitrogen and oxygen atoms in total. The molecule has 22 heavy (non-hydrogen) atoms. The monoisotopic (exact) mass is 316 g/mol. The van der Waals surface area contributed by atoms with Gasteiger partial charge in [-0.1, -0.05) is 0 Å². The molecule has 112 valence electrons. The van der Waals surface area contributed by atoms with Gasteiger partial charge in [0.1, 0.15) is 12.7 Å². The summed E-state index contributed by atoms with van der Waals surface area (Å²) in [5.41, 5.74) is 0.371. The van der Waals surface area contributed by atoms with E-state index in [-0.39, 0.29) is 18.0 Å². The molecule has 0 fully saturated rings. The van der Waals surface area contributed by atoms with Crippen molar-refractivity contribution in [2.75, 3.05) is 6.54 Å². The lowest BCUT2D eigenvalue weighted by molar-refractivity contribution is 0.0952. The van der Waals surface area contributed by atoms with Gasteiger partial charge in [-0.25, -0.2) is 14.3 Å². The van der Waals surface area contributed by atoms with Crippen LogP contribution in [-0.4, -0.2) is 37.0 Å². The summed E-state index contributed by atoms with van der Waals surface area (Å²) in [6.45, 7) is 0.583. The van der Waals surface area contributed by atoms with E-state index in [2.05, 4.69) is 20.5 Å². The summed E-state index contributed by atoms with van der Waals surface area (Å²) in [5, 5.41) is 14.5. The molecule has 0 aliphatic heterocycles. The standard InChI is InChI=1S/C13H12N6O2S/c20-12-2-1-11(19-9-14-8-16-19)17-18(12)5-4-15-13(21)10-3-6-22-7-10/h1-3,6-9H,4-5H2,(H,15,21). The number of nitrogens with one attached hydrogen (secondary N) is 1. The van der Waals surface area contributed by atoms with Gasteiger partial charge in [-0.05, 0) is 17.5 Å². The highest BCUT2D eigenvalue weighted by atomic mass is 32.1. The Labute approximate surface area is 129 Å². The third-order valence-corrected chi connectivity index (χ3v) is 3.58. The van der Waals surface area contributed by atoms with E-state index in [9.17, 15) is 9.59 Å². The molecular formula is C13H12N6O2S. The minimum Gasteiger partial charge on any atom is -0.350 e. The van der Waals surface area contributed by atoms with Gasteiger partial charge in [0.25, 0.3) is 11.5 Å². The summed E-state index contributed by atoms with van der Waals surface area (Å²) in [7, 11) is 0. The maximum atomic E-state index is 11.8. The topological polar surface area (TPSA) is 94.7 Å². The number of nitrogens with zero attached hydrogens (tertiary/aromatic N) is 5. The van der Waals surface area contributed by atoms with Crippen LogP contribution in [-0.2, 0) is 6.54 Å². The average molecular weight is 316 g/mol. The van der Waals surface area contributed by atoms with Gasteiger partial charge in [0.05, 0.1) is 6.54 Å². The van der Waals surface area contributed by atoms with E-state index >= 15 is 0 Å². The van der Waals surface area contributed by atoms with Crippen LogP contribution in [0.25, 0.3) is 5.82 Å². The Morgan fingerprint density at radius 3 is 2.95 bits per heavy atom. The Morgan fingerprint density at radius 2 is 2.23 bits per heavy atom. The molecule has 9 heteroatoms. The summed E-state index contributed by atoms with van der Waals surface area (Å²) in [6, 6.07) is 4.72. The minimum absolute atomic E-state index is 0.165. The van der Waals surface area contributed by atoms with Crippen molar-refractivity contribution in [3.05, 3.63) is 57.5 Å². The SMILES string of the molecule is O=C(NCCn1nc(-n2cncn2)ccc1=O)c1ccsc1. The molecule has 3 aromatic heterocycles. The molecule has 0 radical (unpaired) electrons. The molecule has 1 amide bonds. The maximum absolute atomic E-state index is 11.8. The minimum atomic E-state index is -0.242. The number of hydrogen-bond donors (Lipinski definition) is 1. The normalized spacial score (nSPS) is 10.5. The highest BCUT2D eigenvalue weighted by Crippen LogP contribution is 2.05.